The molecule has 1 aromatic rings. The van der Waals surface area contributed by atoms with Gasteiger partial charge in [-0.1, -0.05) is 19.9 Å². The van der Waals surface area contributed by atoms with E-state index in [9.17, 15) is 9.59 Å². The zero-order valence-electron chi connectivity index (χ0n) is 11.8. The molecule has 1 fully saturated rings. The highest BCUT2D eigenvalue weighted by Gasteiger charge is 2.35. The lowest BCUT2D eigenvalue weighted by molar-refractivity contribution is -0.141. The fourth-order valence-electron chi connectivity index (χ4n) is 2.75. The molecule has 20 heavy (non-hydrogen) atoms. The molecule has 110 valence electrons. The maximum atomic E-state index is 12.3. The van der Waals surface area contributed by atoms with Gasteiger partial charge in [-0.15, -0.1) is 11.3 Å². The van der Waals surface area contributed by atoms with Gasteiger partial charge < -0.3 is 10.4 Å². The third-order valence-corrected chi connectivity index (χ3v) is 4.92. The van der Waals surface area contributed by atoms with E-state index in [1.165, 1.54) is 0 Å². The van der Waals surface area contributed by atoms with Crippen molar-refractivity contribution in [2.24, 2.45) is 17.8 Å². The first-order chi connectivity index (χ1) is 9.49. The Morgan fingerprint density at radius 2 is 2.05 bits per heavy atom. The number of nitrogens with one attached hydrogen (secondary N) is 1. The van der Waals surface area contributed by atoms with E-state index in [-0.39, 0.29) is 23.8 Å². The first-order valence-corrected chi connectivity index (χ1v) is 7.93. The van der Waals surface area contributed by atoms with Crippen LogP contribution < -0.4 is 5.32 Å². The summed E-state index contributed by atoms with van der Waals surface area (Å²) in [5.41, 5.74) is 0. The molecule has 3 unspecified atom stereocenters. The van der Waals surface area contributed by atoms with Crippen molar-refractivity contribution in [1.82, 2.24) is 5.32 Å². The molecule has 1 aromatic heterocycles. The Morgan fingerprint density at radius 3 is 2.55 bits per heavy atom. The Balaban J connectivity index is 1.98. The smallest absolute Gasteiger partial charge is 0.306 e. The summed E-state index contributed by atoms with van der Waals surface area (Å²) in [5, 5.41) is 14.1. The minimum Gasteiger partial charge on any atom is -0.481 e. The van der Waals surface area contributed by atoms with E-state index in [0.717, 1.165) is 4.88 Å². The molecule has 1 aliphatic rings. The standard InChI is InChI=1S/C15H21NO3S/c1-9(2)13(12-4-3-7-20-12)16-14(17)10-5-6-11(8-10)15(18)19/h3-4,7,9-11,13H,5-6,8H2,1-2H3,(H,16,17)(H,18,19). The van der Waals surface area contributed by atoms with Gasteiger partial charge in [-0.05, 0) is 36.6 Å². The van der Waals surface area contributed by atoms with E-state index < -0.39 is 5.97 Å². The molecule has 2 rings (SSSR count). The predicted molar refractivity (Wildman–Crippen MR) is 78.5 cm³/mol. The molecule has 0 spiro atoms. The fraction of sp³-hybridized carbons (Fsp3) is 0.600. The van der Waals surface area contributed by atoms with Crippen LogP contribution in [0.5, 0.6) is 0 Å². The summed E-state index contributed by atoms with van der Waals surface area (Å²) in [6.45, 7) is 4.17. The second-order valence-electron chi connectivity index (χ2n) is 5.79. The summed E-state index contributed by atoms with van der Waals surface area (Å²) < 4.78 is 0. The van der Waals surface area contributed by atoms with Crippen LogP contribution in [0.1, 0.15) is 44.0 Å². The molecule has 0 aromatic carbocycles. The van der Waals surface area contributed by atoms with Gasteiger partial charge in [0.15, 0.2) is 0 Å². The maximum Gasteiger partial charge on any atom is 0.306 e. The number of carbonyl (C=O) groups is 2. The molecule has 1 saturated carbocycles. The van der Waals surface area contributed by atoms with Crippen LogP contribution in [0.2, 0.25) is 0 Å². The van der Waals surface area contributed by atoms with Gasteiger partial charge in [0.05, 0.1) is 12.0 Å². The van der Waals surface area contributed by atoms with E-state index in [1.54, 1.807) is 11.3 Å². The third-order valence-electron chi connectivity index (χ3n) is 3.97. The zero-order valence-corrected chi connectivity index (χ0v) is 12.7. The van der Waals surface area contributed by atoms with Crippen LogP contribution in [0.25, 0.3) is 0 Å². The van der Waals surface area contributed by atoms with E-state index in [2.05, 4.69) is 19.2 Å². The summed E-state index contributed by atoms with van der Waals surface area (Å²) >= 11 is 1.64. The second kappa shape index (κ2) is 6.39. The van der Waals surface area contributed by atoms with Gasteiger partial charge in [0.25, 0.3) is 0 Å². The average molecular weight is 295 g/mol. The molecule has 0 saturated heterocycles. The number of thiophene rings is 1. The van der Waals surface area contributed by atoms with Crippen LogP contribution in [-0.4, -0.2) is 17.0 Å². The number of amides is 1. The van der Waals surface area contributed by atoms with Crippen LogP contribution in [-0.2, 0) is 9.59 Å². The van der Waals surface area contributed by atoms with Gasteiger partial charge in [-0.3, -0.25) is 9.59 Å². The largest absolute Gasteiger partial charge is 0.481 e. The zero-order chi connectivity index (χ0) is 14.7. The molecule has 2 N–H and O–H groups in total. The highest BCUT2D eigenvalue weighted by molar-refractivity contribution is 7.10. The Hall–Kier alpha value is -1.36. The van der Waals surface area contributed by atoms with E-state index in [0.29, 0.717) is 25.2 Å². The van der Waals surface area contributed by atoms with Gasteiger partial charge in [0.1, 0.15) is 0 Å². The monoisotopic (exact) mass is 295 g/mol. The summed E-state index contributed by atoms with van der Waals surface area (Å²) in [7, 11) is 0. The molecule has 1 heterocycles. The van der Waals surface area contributed by atoms with Crippen LogP contribution in [0.15, 0.2) is 17.5 Å². The summed E-state index contributed by atoms with van der Waals surface area (Å²) in [4.78, 5) is 24.4. The normalized spacial score (nSPS) is 23.8. The predicted octanol–water partition coefficient (Wildman–Crippen LogP) is 3.06. The quantitative estimate of drug-likeness (QED) is 0.877. The average Bonchev–Trinajstić information content (AvgIpc) is 3.05. The molecular weight excluding hydrogens is 274 g/mol. The Labute approximate surface area is 123 Å². The highest BCUT2D eigenvalue weighted by atomic mass is 32.1. The number of hydrogen-bond donors (Lipinski definition) is 2. The van der Waals surface area contributed by atoms with Crippen molar-refractivity contribution < 1.29 is 14.7 Å². The molecule has 3 atom stereocenters. The first-order valence-electron chi connectivity index (χ1n) is 7.05. The lowest BCUT2D eigenvalue weighted by Gasteiger charge is -2.23. The minimum atomic E-state index is -0.779. The summed E-state index contributed by atoms with van der Waals surface area (Å²) in [5.74, 6) is -0.976. The molecule has 5 heteroatoms. The maximum absolute atomic E-state index is 12.3. The van der Waals surface area contributed by atoms with Crippen LogP contribution in [0.4, 0.5) is 0 Å². The van der Waals surface area contributed by atoms with Crippen molar-refractivity contribution in [1.29, 1.82) is 0 Å². The fourth-order valence-corrected chi connectivity index (χ4v) is 3.70. The Kier molecular flexibility index (Phi) is 4.81. The number of aliphatic carboxylic acids is 1. The minimum absolute atomic E-state index is 0.000787. The van der Waals surface area contributed by atoms with E-state index in [1.807, 2.05) is 17.5 Å². The number of carboxylic acids is 1. The molecular formula is C15H21NO3S. The van der Waals surface area contributed by atoms with Crippen molar-refractivity contribution in [3.63, 3.8) is 0 Å². The van der Waals surface area contributed by atoms with Gasteiger partial charge in [-0.2, -0.15) is 0 Å². The molecule has 0 radical (unpaired) electrons. The molecule has 1 aliphatic carbocycles. The van der Waals surface area contributed by atoms with Crippen LogP contribution >= 0.6 is 11.3 Å². The van der Waals surface area contributed by atoms with Crippen molar-refractivity contribution >= 4 is 23.2 Å². The van der Waals surface area contributed by atoms with E-state index >= 15 is 0 Å². The number of carbonyl (C=O) groups excluding carboxylic acids is 1. The lowest BCUT2D eigenvalue weighted by Crippen LogP contribution is -2.35. The number of rotatable bonds is 5. The van der Waals surface area contributed by atoms with Gasteiger partial charge in [0.2, 0.25) is 5.91 Å². The van der Waals surface area contributed by atoms with E-state index in [4.69, 9.17) is 5.11 Å². The number of hydrogen-bond acceptors (Lipinski definition) is 3. The molecule has 4 nitrogen and oxygen atoms in total. The first kappa shape index (κ1) is 15.0. The molecule has 1 amide bonds. The van der Waals surface area contributed by atoms with Gasteiger partial charge in [0, 0.05) is 10.8 Å². The van der Waals surface area contributed by atoms with Gasteiger partial charge in [-0.25, -0.2) is 0 Å². The van der Waals surface area contributed by atoms with Crippen LogP contribution in [0.3, 0.4) is 0 Å². The summed E-state index contributed by atoms with van der Waals surface area (Å²) in [6, 6.07) is 4.04. The lowest BCUT2D eigenvalue weighted by atomic mass is 9.99. The van der Waals surface area contributed by atoms with Crippen LogP contribution in [0, 0.1) is 17.8 Å². The highest BCUT2D eigenvalue weighted by Crippen LogP contribution is 2.33. The Bertz CT molecular complexity index is 469. The van der Waals surface area contributed by atoms with Crippen molar-refractivity contribution in [2.75, 3.05) is 0 Å². The van der Waals surface area contributed by atoms with Crippen molar-refractivity contribution in [3.05, 3.63) is 22.4 Å². The Morgan fingerprint density at radius 1 is 1.35 bits per heavy atom. The van der Waals surface area contributed by atoms with Crippen molar-refractivity contribution in [3.8, 4) is 0 Å². The topological polar surface area (TPSA) is 66.4 Å². The SMILES string of the molecule is CC(C)C(NC(=O)C1CCC(C(=O)O)C1)c1cccs1. The van der Waals surface area contributed by atoms with Crippen molar-refractivity contribution in [2.45, 2.75) is 39.2 Å². The molecule has 0 aliphatic heterocycles. The third kappa shape index (κ3) is 3.39. The van der Waals surface area contributed by atoms with Gasteiger partial charge >= 0.3 is 5.97 Å². The summed E-state index contributed by atoms with van der Waals surface area (Å²) in [6.07, 6.45) is 1.76. The second-order valence-corrected chi connectivity index (χ2v) is 6.77. The molecule has 0 bridgehead atoms. The number of carboxylic acid groups (broad SMARTS) is 1.